The van der Waals surface area contributed by atoms with E-state index < -0.39 is 0 Å². The van der Waals surface area contributed by atoms with Gasteiger partial charge in [-0.2, -0.15) is 0 Å². The fourth-order valence-electron chi connectivity index (χ4n) is 9.69. The van der Waals surface area contributed by atoms with Crippen LogP contribution in [0.5, 0.6) is 0 Å². The van der Waals surface area contributed by atoms with Gasteiger partial charge in [0.05, 0.1) is 6.92 Å². The van der Waals surface area contributed by atoms with Gasteiger partial charge in [0.1, 0.15) is 0 Å². The van der Waals surface area contributed by atoms with Crippen molar-refractivity contribution in [2.45, 2.75) is 136 Å². The van der Waals surface area contributed by atoms with E-state index in [0.717, 1.165) is 35.6 Å². The smallest absolute Gasteiger partial charge is 0.312 e. The zero-order valence-electron chi connectivity index (χ0n) is 21.0. The van der Waals surface area contributed by atoms with E-state index in [4.69, 9.17) is 9.16 Å². The molecule has 5 aliphatic rings. The average molecular weight is 430 g/mol. The predicted octanol–water partition coefficient (Wildman–Crippen LogP) is 7.86. The maximum atomic E-state index is 6.16. The molecule has 0 aromatic heterocycles. The summed E-state index contributed by atoms with van der Waals surface area (Å²) >= 11 is 0. The minimum absolute atomic E-state index is 0.331. The summed E-state index contributed by atoms with van der Waals surface area (Å²) in [5, 5.41) is 0. The van der Waals surface area contributed by atoms with Crippen LogP contribution in [0.3, 0.4) is 0 Å². The van der Waals surface area contributed by atoms with E-state index in [9.17, 15) is 0 Å². The van der Waals surface area contributed by atoms with Crippen LogP contribution < -0.4 is 0 Å². The number of unbranched alkanes of at least 4 members (excludes halogenated alkanes) is 5. The Balaban J connectivity index is 1.23. The van der Waals surface area contributed by atoms with Crippen LogP contribution in [0.2, 0.25) is 0 Å². The van der Waals surface area contributed by atoms with Gasteiger partial charge in [-0.3, -0.25) is 0 Å². The fourth-order valence-corrected chi connectivity index (χ4v) is 9.69. The standard InChI is InChI=1S/C29H49O2/c1-5-6-7-8-9-10-11-21-13-15-24-23-14-12-22-18-26-27(31-20(2)30-26)19-29(22,4)25(23)16-17-28(21,24)3/h21-27H,5-19H2,1-4H3/q+1. The van der Waals surface area contributed by atoms with Gasteiger partial charge in [-0.25, -0.2) is 0 Å². The highest BCUT2D eigenvalue weighted by Crippen LogP contribution is 2.68. The lowest BCUT2D eigenvalue weighted by Crippen LogP contribution is -2.56. The molecule has 4 fully saturated rings. The average Bonchev–Trinajstić information content (AvgIpc) is 3.26. The van der Waals surface area contributed by atoms with Crippen molar-refractivity contribution in [2.24, 2.45) is 40.4 Å². The van der Waals surface area contributed by atoms with Crippen molar-refractivity contribution in [3.63, 3.8) is 0 Å². The molecule has 0 saturated heterocycles. The zero-order valence-corrected chi connectivity index (χ0v) is 21.0. The Labute approximate surface area is 192 Å². The first-order chi connectivity index (χ1) is 15.0. The number of ether oxygens (including phenoxy) is 1. The molecule has 0 bridgehead atoms. The molecular weight excluding hydrogens is 380 g/mol. The quantitative estimate of drug-likeness (QED) is 0.229. The highest BCUT2D eigenvalue weighted by Gasteiger charge is 2.63. The van der Waals surface area contributed by atoms with E-state index in [2.05, 4.69) is 20.8 Å². The lowest BCUT2D eigenvalue weighted by molar-refractivity contribution is -0.504. The van der Waals surface area contributed by atoms with Crippen LogP contribution in [-0.4, -0.2) is 18.2 Å². The maximum absolute atomic E-state index is 6.16. The lowest BCUT2D eigenvalue weighted by Gasteiger charge is -2.60. The molecule has 0 amide bonds. The Morgan fingerprint density at radius 3 is 2.52 bits per heavy atom. The van der Waals surface area contributed by atoms with E-state index in [1.54, 1.807) is 0 Å². The van der Waals surface area contributed by atoms with Gasteiger partial charge in [0, 0.05) is 12.8 Å². The highest BCUT2D eigenvalue weighted by atomic mass is 16.6. The Morgan fingerprint density at radius 1 is 0.903 bits per heavy atom. The van der Waals surface area contributed by atoms with Crippen LogP contribution in [0.4, 0.5) is 0 Å². The van der Waals surface area contributed by atoms with E-state index >= 15 is 0 Å². The Hall–Kier alpha value is -0.530. The van der Waals surface area contributed by atoms with Crippen LogP contribution in [0.1, 0.15) is 124 Å². The molecular formula is C29H49O2+. The van der Waals surface area contributed by atoms with Crippen molar-refractivity contribution in [3.8, 4) is 0 Å². The third kappa shape index (κ3) is 3.80. The molecule has 5 rings (SSSR count). The van der Waals surface area contributed by atoms with Crippen LogP contribution in [0.15, 0.2) is 0 Å². The number of carbonyl (C=O) groups excluding carboxylic acids is 1. The van der Waals surface area contributed by atoms with Crippen molar-refractivity contribution in [1.29, 1.82) is 0 Å². The number of fused-ring (bicyclic) bond motifs is 6. The molecule has 4 aliphatic carbocycles. The van der Waals surface area contributed by atoms with Crippen LogP contribution in [0.25, 0.3) is 0 Å². The van der Waals surface area contributed by atoms with Crippen molar-refractivity contribution >= 4 is 5.97 Å². The summed E-state index contributed by atoms with van der Waals surface area (Å²) in [6.45, 7) is 9.72. The minimum Gasteiger partial charge on any atom is -0.312 e. The lowest BCUT2D eigenvalue weighted by atomic mass is 9.44. The van der Waals surface area contributed by atoms with Gasteiger partial charge in [0.15, 0.2) is 0 Å². The molecule has 4 saturated carbocycles. The second-order valence-corrected chi connectivity index (χ2v) is 12.8. The molecule has 9 atom stereocenters. The van der Waals surface area contributed by atoms with Gasteiger partial charge in [-0.1, -0.05) is 59.3 Å². The summed E-state index contributed by atoms with van der Waals surface area (Å²) in [4.78, 5) is 0. The topological polar surface area (TPSA) is 20.5 Å². The molecule has 9 unspecified atom stereocenters. The summed E-state index contributed by atoms with van der Waals surface area (Å²) in [7, 11) is 0. The summed E-state index contributed by atoms with van der Waals surface area (Å²) in [5.41, 5.74) is 1.12. The molecule has 0 radical (unpaired) electrons. The largest absolute Gasteiger partial charge is 0.482 e. The van der Waals surface area contributed by atoms with Gasteiger partial charge in [0.2, 0.25) is 0 Å². The molecule has 176 valence electrons. The molecule has 0 N–H and O–H groups in total. The van der Waals surface area contributed by atoms with Gasteiger partial charge >= 0.3 is 5.97 Å². The van der Waals surface area contributed by atoms with E-state index in [1.807, 2.05) is 6.92 Å². The molecule has 31 heavy (non-hydrogen) atoms. The second-order valence-electron chi connectivity index (χ2n) is 12.8. The predicted molar refractivity (Wildman–Crippen MR) is 128 cm³/mol. The Kier molecular flexibility index (Phi) is 6.23. The molecule has 1 heterocycles. The highest BCUT2D eigenvalue weighted by molar-refractivity contribution is 5.67. The monoisotopic (exact) mass is 429 g/mol. The first-order valence-corrected chi connectivity index (χ1v) is 14.1. The van der Waals surface area contributed by atoms with Crippen LogP contribution >= 0.6 is 0 Å². The van der Waals surface area contributed by atoms with E-state index in [0.29, 0.717) is 23.0 Å². The van der Waals surface area contributed by atoms with Gasteiger partial charge in [0.25, 0.3) is 12.2 Å². The minimum atomic E-state index is 0.331. The number of esters is 1. The SMILES string of the molecule is CCCCCCCCC1CCC2C3CCC4CC5[O+]=C(C)OC5CC4(C)C3CCC12C. The van der Waals surface area contributed by atoms with Crippen LogP contribution in [0, 0.1) is 40.4 Å². The molecule has 0 aromatic rings. The number of hydrogen-bond donors (Lipinski definition) is 0. The van der Waals surface area contributed by atoms with Crippen LogP contribution in [-0.2, 0) is 9.16 Å². The normalized spacial score (nSPS) is 48.3. The molecule has 2 nitrogen and oxygen atoms in total. The number of hydrogen-bond acceptors (Lipinski definition) is 1. The van der Waals surface area contributed by atoms with Crippen molar-refractivity contribution < 1.29 is 9.16 Å². The summed E-state index contributed by atoms with van der Waals surface area (Å²) in [5.74, 6) is 5.61. The molecule has 0 spiro atoms. The third-order valence-corrected chi connectivity index (χ3v) is 11.4. The van der Waals surface area contributed by atoms with E-state index in [1.165, 1.54) is 96.3 Å². The van der Waals surface area contributed by atoms with Gasteiger partial charge in [-0.15, -0.1) is 0 Å². The summed E-state index contributed by atoms with van der Waals surface area (Å²) in [6, 6.07) is 0. The summed E-state index contributed by atoms with van der Waals surface area (Å²) in [6.07, 6.45) is 22.3. The van der Waals surface area contributed by atoms with Gasteiger partial charge < -0.3 is 9.16 Å². The zero-order chi connectivity index (χ0) is 21.6. The number of rotatable bonds is 7. The third-order valence-electron chi connectivity index (χ3n) is 11.4. The fraction of sp³-hybridized carbons (Fsp3) is 0.966. The maximum Gasteiger partial charge on any atom is 0.482 e. The second kappa shape index (κ2) is 8.68. The van der Waals surface area contributed by atoms with Gasteiger partial charge in [-0.05, 0) is 85.4 Å². The van der Waals surface area contributed by atoms with Crippen molar-refractivity contribution in [3.05, 3.63) is 0 Å². The Morgan fingerprint density at radius 2 is 1.68 bits per heavy atom. The Bertz CT molecular complexity index is 670. The van der Waals surface area contributed by atoms with Crippen molar-refractivity contribution in [2.75, 3.05) is 0 Å². The molecule has 2 heteroatoms. The van der Waals surface area contributed by atoms with Crippen molar-refractivity contribution in [1.82, 2.24) is 0 Å². The summed E-state index contributed by atoms with van der Waals surface area (Å²) < 4.78 is 12.2. The first-order valence-electron chi connectivity index (χ1n) is 14.1. The molecule has 0 aromatic carbocycles. The molecule has 1 aliphatic heterocycles. The van der Waals surface area contributed by atoms with E-state index in [-0.39, 0.29) is 0 Å². The first kappa shape index (κ1) is 22.3.